The maximum atomic E-state index is 12.5. The van der Waals surface area contributed by atoms with Gasteiger partial charge in [0.1, 0.15) is 0 Å². The molecule has 1 amide bonds. The summed E-state index contributed by atoms with van der Waals surface area (Å²) in [5.74, 6) is -0.0292. The third-order valence-corrected chi connectivity index (χ3v) is 17.0. The van der Waals surface area contributed by atoms with E-state index in [2.05, 4.69) is 43.5 Å². The van der Waals surface area contributed by atoms with Crippen molar-refractivity contribution in [1.29, 1.82) is 0 Å². The first-order valence-electron chi connectivity index (χ1n) is 36.1. The Balaban J connectivity index is 3.43. The van der Waals surface area contributed by atoms with Crippen LogP contribution in [0, 0.1) is 0 Å². The zero-order valence-electron chi connectivity index (χ0n) is 53.6. The first kappa shape index (κ1) is 77.3. The molecule has 0 aromatic carbocycles. The maximum Gasteiger partial charge on any atom is 0.305 e. The molecule has 0 bridgehead atoms. The summed E-state index contributed by atoms with van der Waals surface area (Å²) in [5.41, 5.74) is 0. The Labute approximate surface area is 494 Å². The molecule has 0 aliphatic rings. The monoisotopic (exact) mass is 1110 g/mol. The van der Waals surface area contributed by atoms with E-state index in [1.165, 1.54) is 327 Å². The molecule has 2 atom stereocenters. The summed E-state index contributed by atoms with van der Waals surface area (Å²) < 4.78 is 5.50. The van der Waals surface area contributed by atoms with E-state index in [9.17, 15) is 19.8 Å². The fourth-order valence-corrected chi connectivity index (χ4v) is 11.5. The summed E-state index contributed by atoms with van der Waals surface area (Å²) in [6.45, 7) is 4.99. The van der Waals surface area contributed by atoms with Gasteiger partial charge in [0.15, 0.2) is 0 Å². The first-order valence-corrected chi connectivity index (χ1v) is 36.1. The maximum absolute atomic E-state index is 12.5. The van der Waals surface area contributed by atoms with Gasteiger partial charge >= 0.3 is 5.97 Å². The average molecular weight is 1110 g/mol. The minimum atomic E-state index is -0.672. The van der Waals surface area contributed by atoms with Crippen molar-refractivity contribution in [2.75, 3.05) is 13.2 Å². The SMILES string of the molecule is CCCCCCCCCCCCCCCCCCCCCCCCCC(O)C(CO)NC(=O)CCCCCCCCC/C=C\C/C=C\CCCCCCCCCCCOC(=O)CCCCCCCCCCCCCCCCCC. The van der Waals surface area contributed by atoms with Gasteiger partial charge in [-0.05, 0) is 57.8 Å². The molecule has 468 valence electrons. The van der Waals surface area contributed by atoms with Crippen LogP contribution in [0.4, 0.5) is 0 Å². The molecule has 0 fully saturated rings. The third-order valence-electron chi connectivity index (χ3n) is 17.0. The van der Waals surface area contributed by atoms with Gasteiger partial charge in [-0.3, -0.25) is 9.59 Å². The van der Waals surface area contributed by atoms with Crippen LogP contribution >= 0.6 is 0 Å². The Kier molecular flexibility index (Phi) is 67.4. The van der Waals surface area contributed by atoms with E-state index >= 15 is 0 Å². The molecule has 0 aromatic heterocycles. The number of hydrogen-bond acceptors (Lipinski definition) is 5. The zero-order chi connectivity index (χ0) is 57.1. The molecule has 0 rings (SSSR count). The number of allylic oxidation sites excluding steroid dienone is 4. The number of esters is 1. The molecule has 2 unspecified atom stereocenters. The predicted octanol–water partition coefficient (Wildman–Crippen LogP) is 23.3. The molecule has 6 heteroatoms. The molecule has 0 aliphatic heterocycles. The lowest BCUT2D eigenvalue weighted by Crippen LogP contribution is -2.45. The lowest BCUT2D eigenvalue weighted by atomic mass is 10.0. The summed E-state index contributed by atoms with van der Waals surface area (Å²) >= 11 is 0. The highest BCUT2D eigenvalue weighted by molar-refractivity contribution is 5.76. The van der Waals surface area contributed by atoms with E-state index in [0.29, 0.717) is 25.9 Å². The summed E-state index contributed by atoms with van der Waals surface area (Å²) in [4.78, 5) is 24.6. The lowest BCUT2D eigenvalue weighted by Gasteiger charge is -2.22. The van der Waals surface area contributed by atoms with Crippen molar-refractivity contribution < 1.29 is 24.5 Å². The van der Waals surface area contributed by atoms with Gasteiger partial charge in [0.2, 0.25) is 5.91 Å². The van der Waals surface area contributed by atoms with Crippen LogP contribution in [0.1, 0.15) is 406 Å². The number of aliphatic hydroxyl groups is 2. The van der Waals surface area contributed by atoms with E-state index in [1.807, 2.05) is 0 Å². The molecular weight excluding hydrogens is 971 g/mol. The lowest BCUT2D eigenvalue weighted by molar-refractivity contribution is -0.143. The molecule has 0 aromatic rings. The summed E-state index contributed by atoms with van der Waals surface area (Å²) in [5, 5.41) is 23.4. The molecule has 0 aliphatic carbocycles. The van der Waals surface area contributed by atoms with Crippen LogP contribution in [0.3, 0.4) is 0 Å². The van der Waals surface area contributed by atoms with Gasteiger partial charge in [0.25, 0.3) is 0 Å². The van der Waals surface area contributed by atoms with E-state index < -0.39 is 12.1 Å². The molecule has 0 saturated heterocycles. The number of carbonyl (C=O) groups excluding carboxylic acids is 2. The largest absolute Gasteiger partial charge is 0.466 e. The van der Waals surface area contributed by atoms with Gasteiger partial charge in [-0.1, -0.05) is 359 Å². The highest BCUT2D eigenvalue weighted by atomic mass is 16.5. The first-order chi connectivity index (χ1) is 39.0. The van der Waals surface area contributed by atoms with Crippen molar-refractivity contribution in [3.05, 3.63) is 24.3 Å². The quantitative estimate of drug-likeness (QED) is 0.0320. The Morgan fingerprint density at radius 3 is 0.962 bits per heavy atom. The van der Waals surface area contributed by atoms with Crippen molar-refractivity contribution >= 4 is 11.9 Å². The molecule has 6 nitrogen and oxygen atoms in total. The Morgan fingerprint density at radius 2 is 0.633 bits per heavy atom. The number of hydrogen-bond donors (Lipinski definition) is 3. The van der Waals surface area contributed by atoms with Crippen LogP contribution < -0.4 is 5.32 Å². The standard InChI is InChI=1S/C73H141NO5/c1-3-5-7-9-11-13-15-17-19-21-22-23-25-28-31-34-37-41-45-49-53-57-61-65-71(76)70(69-75)74-72(77)66-62-58-54-50-46-42-38-35-32-29-26-24-27-30-33-36-40-44-48-52-56-60-64-68-79-73(78)67-63-59-55-51-47-43-39-20-18-16-14-12-10-8-6-4-2/h24,27,29,32,70-71,75-76H,3-23,25-26,28,30-31,33-69H2,1-2H3,(H,74,77)/b27-24-,32-29-. The van der Waals surface area contributed by atoms with Gasteiger partial charge in [0, 0.05) is 12.8 Å². The summed E-state index contributed by atoms with van der Waals surface area (Å²) in [6, 6.07) is -0.550. The molecule has 0 saturated carbocycles. The van der Waals surface area contributed by atoms with Crippen molar-refractivity contribution in [3.63, 3.8) is 0 Å². The average Bonchev–Trinajstić information content (AvgIpc) is 3.45. The van der Waals surface area contributed by atoms with E-state index in [4.69, 9.17) is 4.74 Å². The second-order valence-electron chi connectivity index (χ2n) is 24.9. The zero-order valence-corrected chi connectivity index (χ0v) is 53.6. The third kappa shape index (κ3) is 65.4. The minimum absolute atomic E-state index is 0.0116. The van der Waals surface area contributed by atoms with Crippen LogP contribution in [0.5, 0.6) is 0 Å². The van der Waals surface area contributed by atoms with Gasteiger partial charge < -0.3 is 20.3 Å². The van der Waals surface area contributed by atoms with Crippen LogP contribution in [0.15, 0.2) is 24.3 Å². The molecule has 3 N–H and O–H groups in total. The highest BCUT2D eigenvalue weighted by Crippen LogP contribution is 2.19. The summed E-state index contributed by atoms with van der Waals surface area (Å²) in [6.07, 6.45) is 86.5. The van der Waals surface area contributed by atoms with Crippen molar-refractivity contribution in [1.82, 2.24) is 5.32 Å². The number of nitrogens with one attached hydrogen (secondary N) is 1. The van der Waals surface area contributed by atoms with E-state index in [0.717, 1.165) is 44.9 Å². The second-order valence-corrected chi connectivity index (χ2v) is 24.9. The van der Waals surface area contributed by atoms with E-state index in [1.54, 1.807) is 0 Å². The molecule has 0 heterocycles. The van der Waals surface area contributed by atoms with Crippen LogP contribution in [-0.2, 0) is 14.3 Å². The number of rotatable bonds is 68. The van der Waals surface area contributed by atoms with Crippen LogP contribution in [-0.4, -0.2) is 47.4 Å². The number of amides is 1. The Hall–Kier alpha value is -1.66. The van der Waals surface area contributed by atoms with Gasteiger partial charge in [-0.15, -0.1) is 0 Å². The highest BCUT2D eigenvalue weighted by Gasteiger charge is 2.20. The van der Waals surface area contributed by atoms with Crippen molar-refractivity contribution in [3.8, 4) is 0 Å². The number of unbranched alkanes of at least 4 members (excludes halogenated alkanes) is 53. The summed E-state index contributed by atoms with van der Waals surface area (Å²) in [7, 11) is 0. The normalized spacial score (nSPS) is 12.6. The second kappa shape index (κ2) is 68.8. The number of carbonyl (C=O) groups is 2. The Morgan fingerprint density at radius 1 is 0.354 bits per heavy atom. The van der Waals surface area contributed by atoms with E-state index in [-0.39, 0.29) is 18.5 Å². The molecule has 79 heavy (non-hydrogen) atoms. The van der Waals surface area contributed by atoms with Crippen molar-refractivity contribution in [2.24, 2.45) is 0 Å². The number of ether oxygens (including phenoxy) is 1. The fourth-order valence-electron chi connectivity index (χ4n) is 11.5. The molecular formula is C73H141NO5. The van der Waals surface area contributed by atoms with Crippen LogP contribution in [0.25, 0.3) is 0 Å². The minimum Gasteiger partial charge on any atom is -0.466 e. The molecule has 0 radical (unpaired) electrons. The van der Waals surface area contributed by atoms with Crippen molar-refractivity contribution in [2.45, 2.75) is 418 Å². The fraction of sp³-hybridized carbons (Fsp3) is 0.918. The van der Waals surface area contributed by atoms with Crippen LogP contribution in [0.2, 0.25) is 0 Å². The Bertz CT molecular complexity index is 1230. The number of aliphatic hydroxyl groups excluding tert-OH is 2. The molecule has 0 spiro atoms. The van der Waals surface area contributed by atoms with Gasteiger partial charge in [0.05, 0.1) is 25.4 Å². The smallest absolute Gasteiger partial charge is 0.305 e. The topological polar surface area (TPSA) is 95.9 Å². The predicted molar refractivity (Wildman–Crippen MR) is 347 cm³/mol. The van der Waals surface area contributed by atoms with Gasteiger partial charge in [-0.2, -0.15) is 0 Å². The van der Waals surface area contributed by atoms with Gasteiger partial charge in [-0.25, -0.2) is 0 Å².